The molecule has 0 spiro atoms. The van der Waals surface area contributed by atoms with Gasteiger partial charge in [0.1, 0.15) is 11.4 Å². The van der Waals surface area contributed by atoms with Crippen LogP contribution in [0, 0.1) is 0 Å². The smallest absolute Gasteiger partial charge is 0.260 e. The Balaban J connectivity index is 0.00000304. The highest BCUT2D eigenvalue weighted by molar-refractivity contribution is 8.00. The number of anilines is 2. The van der Waals surface area contributed by atoms with Gasteiger partial charge in [-0.2, -0.15) is 0 Å². The van der Waals surface area contributed by atoms with Gasteiger partial charge in [-0.3, -0.25) is 14.4 Å². The fourth-order valence-electron chi connectivity index (χ4n) is 4.60. The first-order valence-corrected chi connectivity index (χ1v) is 12.6. The van der Waals surface area contributed by atoms with Crippen LogP contribution in [0.25, 0.3) is 10.8 Å². The molecule has 2 amide bonds. The molecule has 2 aromatic heterocycles. The summed E-state index contributed by atoms with van der Waals surface area (Å²) in [6.45, 7) is 0.530. The van der Waals surface area contributed by atoms with Gasteiger partial charge in [-0.1, -0.05) is 12.1 Å². The molecule has 3 heterocycles. The lowest BCUT2D eigenvalue weighted by molar-refractivity contribution is -0.137. The molecule has 5 rings (SSSR count). The molecule has 1 aliphatic carbocycles. The number of amides is 2. The Morgan fingerprint density at radius 2 is 2.00 bits per heavy atom. The van der Waals surface area contributed by atoms with Crippen LogP contribution in [-0.4, -0.2) is 43.9 Å². The van der Waals surface area contributed by atoms with E-state index in [4.69, 9.17) is 0 Å². The monoisotopic (exact) mass is 529 g/mol. The van der Waals surface area contributed by atoms with Crippen molar-refractivity contribution in [1.29, 1.82) is 0 Å². The summed E-state index contributed by atoms with van der Waals surface area (Å²) in [4.78, 5) is 42.8. The van der Waals surface area contributed by atoms with E-state index >= 15 is 0 Å². The molecule has 2 aliphatic rings. The summed E-state index contributed by atoms with van der Waals surface area (Å²) in [6, 6.07) is 11.1. The van der Waals surface area contributed by atoms with Crippen LogP contribution in [0.2, 0.25) is 0 Å². The zero-order chi connectivity index (χ0) is 24.6. The molecule has 0 atom stereocenters. The highest BCUT2D eigenvalue weighted by atomic mass is 35.5. The van der Waals surface area contributed by atoms with Crippen LogP contribution < -0.4 is 21.5 Å². The number of nitrogens with one attached hydrogen (secondary N) is 3. The minimum absolute atomic E-state index is 0. The highest BCUT2D eigenvalue weighted by Gasteiger charge is 2.40. The predicted molar refractivity (Wildman–Crippen MR) is 143 cm³/mol. The number of rotatable bonds is 5. The first-order valence-electron chi connectivity index (χ1n) is 11.6. The number of aliphatic hydroxyl groups is 1. The molecule has 4 N–H and O–H groups in total. The van der Waals surface area contributed by atoms with Crippen LogP contribution >= 0.6 is 24.2 Å². The van der Waals surface area contributed by atoms with E-state index in [2.05, 4.69) is 20.9 Å². The molecule has 0 radical (unpaired) electrons. The van der Waals surface area contributed by atoms with Crippen molar-refractivity contribution in [2.24, 2.45) is 7.05 Å². The number of carbonyl (C=O) groups excluding carboxylic acids is 2. The number of pyridine rings is 2. The van der Waals surface area contributed by atoms with E-state index in [1.165, 1.54) is 16.3 Å². The molecule has 0 saturated heterocycles. The number of aryl methyl sites for hydroxylation is 1. The number of hydrogen-bond donors (Lipinski definition) is 4. The third kappa shape index (κ3) is 5.27. The number of thioether (sulfide) groups is 1. The Bertz CT molecular complexity index is 1370. The number of halogens is 1. The standard InChI is InChI=1S/C25H27N5O4S.ClH/c1-30-12-9-15-3-2-4-18(21(15)23(30)32)28-24(33)25(34)10-7-16(8-11-25)26-13-17-5-6-19-22(27-17)29-20(31)14-35-19;/h2-6,9,12,16,26,34H,7-8,10-11,13-14H2,1H3,(H,28,33)(H,27,29,31);1H/t16-,25+;. The van der Waals surface area contributed by atoms with Gasteiger partial charge in [-0.05, 0) is 55.3 Å². The molecular weight excluding hydrogens is 502 g/mol. The lowest BCUT2D eigenvalue weighted by Gasteiger charge is -2.35. The minimum Gasteiger partial charge on any atom is -0.380 e. The summed E-state index contributed by atoms with van der Waals surface area (Å²) in [6.07, 6.45) is 3.55. The number of benzene rings is 1. The Morgan fingerprint density at radius 3 is 2.78 bits per heavy atom. The van der Waals surface area contributed by atoms with Gasteiger partial charge < -0.3 is 25.6 Å². The molecule has 190 valence electrons. The normalized spacial score (nSPS) is 21.3. The zero-order valence-corrected chi connectivity index (χ0v) is 21.4. The van der Waals surface area contributed by atoms with E-state index in [1.54, 1.807) is 25.4 Å². The van der Waals surface area contributed by atoms with Crippen molar-refractivity contribution in [1.82, 2.24) is 14.9 Å². The van der Waals surface area contributed by atoms with Crippen molar-refractivity contribution in [2.75, 3.05) is 16.4 Å². The number of aromatic nitrogens is 2. The van der Waals surface area contributed by atoms with Crippen LogP contribution in [0.5, 0.6) is 0 Å². The highest BCUT2D eigenvalue weighted by Crippen LogP contribution is 2.32. The van der Waals surface area contributed by atoms with Crippen LogP contribution in [0.1, 0.15) is 31.4 Å². The molecule has 1 aliphatic heterocycles. The SMILES string of the molecule is Cl.Cn1ccc2cccc(NC(=O)[C@]3(O)CC[C@@H](NCc4ccc5c(n4)NC(=O)CS5)CC3)c2c1=O. The molecule has 36 heavy (non-hydrogen) atoms. The summed E-state index contributed by atoms with van der Waals surface area (Å²) in [5.74, 6) is 0.471. The summed E-state index contributed by atoms with van der Waals surface area (Å²) in [5.41, 5.74) is -0.465. The van der Waals surface area contributed by atoms with Crippen LogP contribution in [0.4, 0.5) is 11.5 Å². The average Bonchev–Trinajstić information content (AvgIpc) is 2.85. The van der Waals surface area contributed by atoms with Gasteiger partial charge in [0, 0.05) is 25.8 Å². The van der Waals surface area contributed by atoms with Crippen molar-refractivity contribution in [3.8, 4) is 0 Å². The first kappa shape index (κ1) is 26.2. The molecule has 1 fully saturated rings. The van der Waals surface area contributed by atoms with E-state index in [0.717, 1.165) is 16.0 Å². The van der Waals surface area contributed by atoms with Gasteiger partial charge in [-0.25, -0.2) is 4.98 Å². The van der Waals surface area contributed by atoms with Gasteiger partial charge in [0.05, 0.1) is 27.4 Å². The topological polar surface area (TPSA) is 125 Å². The third-order valence-corrected chi connectivity index (χ3v) is 7.74. The number of fused-ring (bicyclic) bond motifs is 2. The van der Waals surface area contributed by atoms with Gasteiger partial charge in [0.15, 0.2) is 0 Å². The second kappa shape index (κ2) is 10.6. The quantitative estimate of drug-likeness (QED) is 0.400. The van der Waals surface area contributed by atoms with Crippen molar-refractivity contribution in [3.05, 3.63) is 58.6 Å². The fraction of sp³-hybridized carbons (Fsp3) is 0.360. The van der Waals surface area contributed by atoms with E-state index in [-0.39, 0.29) is 29.9 Å². The molecule has 11 heteroatoms. The fourth-order valence-corrected chi connectivity index (χ4v) is 5.36. The van der Waals surface area contributed by atoms with Gasteiger partial charge in [0.25, 0.3) is 11.5 Å². The Labute approximate surface area is 218 Å². The Kier molecular flexibility index (Phi) is 7.70. The van der Waals surface area contributed by atoms with Gasteiger partial charge >= 0.3 is 0 Å². The lowest BCUT2D eigenvalue weighted by atomic mass is 9.81. The molecule has 1 saturated carbocycles. The molecular formula is C25H28ClN5O4S. The first-order chi connectivity index (χ1) is 16.8. The third-order valence-electron chi connectivity index (χ3n) is 6.70. The van der Waals surface area contributed by atoms with Crippen molar-refractivity contribution < 1.29 is 14.7 Å². The van der Waals surface area contributed by atoms with E-state index in [0.29, 0.717) is 54.9 Å². The Hall–Kier alpha value is -2.92. The van der Waals surface area contributed by atoms with E-state index < -0.39 is 11.5 Å². The number of nitrogens with zero attached hydrogens (tertiary/aromatic N) is 2. The van der Waals surface area contributed by atoms with Crippen LogP contribution in [0.3, 0.4) is 0 Å². The van der Waals surface area contributed by atoms with Crippen molar-refractivity contribution >= 4 is 58.3 Å². The summed E-state index contributed by atoms with van der Waals surface area (Å²) in [7, 11) is 1.66. The number of hydrogen-bond acceptors (Lipinski definition) is 7. The van der Waals surface area contributed by atoms with Gasteiger partial charge in [0.2, 0.25) is 5.91 Å². The molecule has 9 nitrogen and oxygen atoms in total. The summed E-state index contributed by atoms with van der Waals surface area (Å²) in [5, 5.41) is 21.3. The maximum Gasteiger partial charge on any atom is 0.260 e. The second-order valence-electron chi connectivity index (χ2n) is 9.13. The Morgan fingerprint density at radius 1 is 1.22 bits per heavy atom. The number of carbonyl (C=O) groups is 2. The summed E-state index contributed by atoms with van der Waals surface area (Å²) < 4.78 is 1.47. The second-order valence-corrected chi connectivity index (χ2v) is 10.1. The van der Waals surface area contributed by atoms with Crippen molar-refractivity contribution in [3.63, 3.8) is 0 Å². The van der Waals surface area contributed by atoms with Crippen molar-refractivity contribution in [2.45, 2.75) is 48.8 Å². The predicted octanol–water partition coefficient (Wildman–Crippen LogP) is 2.80. The molecule has 0 bridgehead atoms. The van der Waals surface area contributed by atoms with E-state index in [9.17, 15) is 19.5 Å². The maximum absolute atomic E-state index is 13.0. The minimum atomic E-state index is -1.49. The molecule has 0 unspecified atom stereocenters. The zero-order valence-electron chi connectivity index (χ0n) is 19.7. The summed E-state index contributed by atoms with van der Waals surface area (Å²) >= 11 is 1.48. The van der Waals surface area contributed by atoms with Crippen LogP contribution in [0.15, 0.2) is 52.3 Å². The van der Waals surface area contributed by atoms with Gasteiger partial charge in [-0.15, -0.1) is 24.2 Å². The molecule has 3 aromatic rings. The largest absolute Gasteiger partial charge is 0.380 e. The maximum atomic E-state index is 13.0. The molecule has 1 aromatic carbocycles. The van der Waals surface area contributed by atoms with Crippen LogP contribution in [-0.2, 0) is 23.2 Å². The van der Waals surface area contributed by atoms with E-state index in [1.807, 2.05) is 24.3 Å². The average molecular weight is 530 g/mol. The lowest BCUT2D eigenvalue weighted by Crippen LogP contribution is -2.49.